The van der Waals surface area contributed by atoms with Gasteiger partial charge in [-0.15, -0.1) is 0 Å². The van der Waals surface area contributed by atoms with E-state index in [9.17, 15) is 0 Å². The lowest BCUT2D eigenvalue weighted by molar-refractivity contribution is -0.0366. The molecule has 4 rings (SSSR count). The van der Waals surface area contributed by atoms with Gasteiger partial charge in [-0.1, -0.05) is 43.9 Å². The van der Waals surface area contributed by atoms with E-state index in [4.69, 9.17) is 15.2 Å². The highest BCUT2D eigenvalue weighted by molar-refractivity contribution is 5.90. The van der Waals surface area contributed by atoms with E-state index in [1.54, 1.807) is 0 Å². The van der Waals surface area contributed by atoms with Gasteiger partial charge in [0.25, 0.3) is 0 Å². The van der Waals surface area contributed by atoms with E-state index in [0.29, 0.717) is 13.2 Å². The number of fused-ring (bicyclic) bond motifs is 1. The SMILES string of the molecule is C=C/C=C(C)/C(CC)=C(\c1ccc(OCCN)cc1)c1ccc2c(cnn2C2CCCCO2)c1. The largest absolute Gasteiger partial charge is 0.492 e. The summed E-state index contributed by atoms with van der Waals surface area (Å²) in [5.74, 6) is 0.828. The molecule has 0 spiro atoms. The van der Waals surface area contributed by atoms with E-state index in [1.165, 1.54) is 28.7 Å². The van der Waals surface area contributed by atoms with Crippen LogP contribution in [-0.2, 0) is 4.74 Å². The van der Waals surface area contributed by atoms with E-state index < -0.39 is 0 Å². The third kappa shape index (κ3) is 5.16. The molecule has 1 aliphatic heterocycles. The Morgan fingerprint density at radius 2 is 2.00 bits per heavy atom. The molecule has 1 unspecified atom stereocenters. The Morgan fingerprint density at radius 3 is 2.68 bits per heavy atom. The second-order valence-corrected chi connectivity index (χ2v) is 8.64. The third-order valence-corrected chi connectivity index (χ3v) is 6.34. The normalized spacial score (nSPS) is 17.5. The second kappa shape index (κ2) is 11.3. The molecule has 178 valence electrons. The van der Waals surface area contributed by atoms with Gasteiger partial charge < -0.3 is 15.2 Å². The van der Waals surface area contributed by atoms with Gasteiger partial charge in [-0.3, -0.25) is 0 Å². The Labute approximate surface area is 202 Å². The van der Waals surface area contributed by atoms with Crippen molar-refractivity contribution in [3.63, 3.8) is 0 Å². The molecule has 5 nitrogen and oxygen atoms in total. The molecule has 0 aliphatic carbocycles. The topological polar surface area (TPSA) is 62.3 Å². The first kappa shape index (κ1) is 24.0. The average Bonchev–Trinajstić information content (AvgIpc) is 3.30. The zero-order valence-corrected chi connectivity index (χ0v) is 20.3. The predicted octanol–water partition coefficient (Wildman–Crippen LogP) is 6.42. The van der Waals surface area contributed by atoms with Crippen molar-refractivity contribution in [1.29, 1.82) is 0 Å². The van der Waals surface area contributed by atoms with Gasteiger partial charge in [0, 0.05) is 18.5 Å². The molecule has 34 heavy (non-hydrogen) atoms. The summed E-state index contributed by atoms with van der Waals surface area (Å²) in [5, 5.41) is 5.80. The standard InChI is InChI=1S/C29H35N3O2/c1-4-8-21(3)26(5-2)29(22-10-13-25(14-11-22)33-18-16-30)23-12-15-27-24(19-23)20-31-32(27)28-9-6-7-17-34-28/h4,8,10-15,19-20,28H,1,5-7,9,16-18,30H2,2-3H3/b21-8+,29-26+. The molecule has 1 aromatic heterocycles. The summed E-state index contributed by atoms with van der Waals surface area (Å²) in [6.45, 7) is 10.1. The van der Waals surface area contributed by atoms with Gasteiger partial charge in [0.05, 0.1) is 11.7 Å². The van der Waals surface area contributed by atoms with Crippen molar-refractivity contribution in [1.82, 2.24) is 9.78 Å². The van der Waals surface area contributed by atoms with Crippen LogP contribution in [0.1, 0.15) is 56.9 Å². The summed E-state index contributed by atoms with van der Waals surface area (Å²) >= 11 is 0. The maximum Gasteiger partial charge on any atom is 0.150 e. The highest BCUT2D eigenvalue weighted by Crippen LogP contribution is 2.35. The Hall–Kier alpha value is -3.15. The number of ether oxygens (including phenoxy) is 2. The Bertz CT molecular complexity index is 1180. The fourth-order valence-electron chi connectivity index (χ4n) is 4.69. The van der Waals surface area contributed by atoms with Crippen LogP contribution in [0.2, 0.25) is 0 Å². The Morgan fingerprint density at radius 1 is 1.21 bits per heavy atom. The number of benzene rings is 2. The molecule has 5 heteroatoms. The maximum absolute atomic E-state index is 5.99. The highest BCUT2D eigenvalue weighted by atomic mass is 16.5. The van der Waals surface area contributed by atoms with Crippen molar-refractivity contribution >= 4 is 16.5 Å². The molecular formula is C29H35N3O2. The van der Waals surface area contributed by atoms with Gasteiger partial charge in [0.15, 0.2) is 6.23 Å². The number of aromatic nitrogens is 2. The van der Waals surface area contributed by atoms with Crippen LogP contribution < -0.4 is 10.5 Å². The molecule has 0 saturated carbocycles. The molecule has 2 aromatic carbocycles. The van der Waals surface area contributed by atoms with Crippen molar-refractivity contribution in [2.45, 2.75) is 45.8 Å². The fraction of sp³-hybridized carbons (Fsp3) is 0.345. The molecule has 2 N–H and O–H groups in total. The molecular weight excluding hydrogens is 422 g/mol. The van der Waals surface area contributed by atoms with Gasteiger partial charge in [-0.2, -0.15) is 5.10 Å². The van der Waals surface area contributed by atoms with Crippen LogP contribution in [0.25, 0.3) is 16.5 Å². The molecule has 0 amide bonds. The van der Waals surface area contributed by atoms with Gasteiger partial charge in [-0.25, -0.2) is 4.68 Å². The first-order valence-electron chi connectivity index (χ1n) is 12.2. The molecule has 1 atom stereocenters. The first-order valence-corrected chi connectivity index (χ1v) is 12.2. The number of allylic oxidation sites excluding steroid dienone is 4. The molecule has 1 aliphatic rings. The van der Waals surface area contributed by atoms with Crippen molar-refractivity contribution in [2.24, 2.45) is 5.73 Å². The maximum atomic E-state index is 5.99. The van der Waals surface area contributed by atoms with E-state index >= 15 is 0 Å². The Balaban J connectivity index is 1.80. The average molecular weight is 458 g/mol. The fourth-order valence-corrected chi connectivity index (χ4v) is 4.69. The van der Waals surface area contributed by atoms with Crippen LogP contribution in [0.4, 0.5) is 0 Å². The van der Waals surface area contributed by atoms with Crippen molar-refractivity contribution in [2.75, 3.05) is 19.8 Å². The zero-order chi connectivity index (χ0) is 23.9. The van der Waals surface area contributed by atoms with E-state index in [0.717, 1.165) is 48.1 Å². The zero-order valence-electron chi connectivity index (χ0n) is 20.3. The monoisotopic (exact) mass is 457 g/mol. The van der Waals surface area contributed by atoms with Crippen LogP contribution in [0.5, 0.6) is 5.75 Å². The molecule has 3 aromatic rings. The minimum absolute atomic E-state index is 0.0251. The number of nitrogens with zero attached hydrogens (tertiary/aromatic N) is 2. The van der Waals surface area contributed by atoms with Crippen LogP contribution in [0.3, 0.4) is 0 Å². The molecule has 1 saturated heterocycles. The van der Waals surface area contributed by atoms with E-state index in [-0.39, 0.29) is 6.23 Å². The summed E-state index contributed by atoms with van der Waals surface area (Å²) in [7, 11) is 0. The van der Waals surface area contributed by atoms with Crippen LogP contribution in [0.15, 0.2) is 78.5 Å². The summed E-state index contributed by atoms with van der Waals surface area (Å²) in [6, 6.07) is 14.9. The molecule has 1 fully saturated rings. The summed E-state index contributed by atoms with van der Waals surface area (Å²) in [6.07, 6.45) is 10.1. The summed E-state index contributed by atoms with van der Waals surface area (Å²) < 4.78 is 13.7. The minimum Gasteiger partial charge on any atom is -0.492 e. The lowest BCUT2D eigenvalue weighted by Crippen LogP contribution is -2.18. The van der Waals surface area contributed by atoms with Crippen molar-refractivity contribution in [3.8, 4) is 5.75 Å². The lowest BCUT2D eigenvalue weighted by atomic mass is 9.88. The minimum atomic E-state index is 0.0251. The molecule has 0 bridgehead atoms. The summed E-state index contributed by atoms with van der Waals surface area (Å²) in [5.41, 5.74) is 12.7. The number of hydrogen-bond acceptors (Lipinski definition) is 4. The van der Waals surface area contributed by atoms with Crippen molar-refractivity contribution < 1.29 is 9.47 Å². The van der Waals surface area contributed by atoms with Crippen LogP contribution in [0, 0.1) is 0 Å². The number of rotatable bonds is 9. The second-order valence-electron chi connectivity index (χ2n) is 8.64. The number of hydrogen-bond donors (Lipinski definition) is 1. The molecule has 2 heterocycles. The summed E-state index contributed by atoms with van der Waals surface area (Å²) in [4.78, 5) is 0. The predicted molar refractivity (Wildman–Crippen MR) is 140 cm³/mol. The van der Waals surface area contributed by atoms with E-state index in [1.807, 2.05) is 29.1 Å². The third-order valence-electron chi connectivity index (χ3n) is 6.34. The molecule has 0 radical (unpaired) electrons. The lowest BCUT2D eigenvalue weighted by Gasteiger charge is -2.23. The van der Waals surface area contributed by atoms with Gasteiger partial charge >= 0.3 is 0 Å². The quantitative estimate of drug-likeness (QED) is 0.377. The Kier molecular flexibility index (Phi) is 7.99. The van der Waals surface area contributed by atoms with Crippen LogP contribution in [-0.4, -0.2) is 29.5 Å². The van der Waals surface area contributed by atoms with E-state index in [2.05, 4.69) is 61.9 Å². The smallest absolute Gasteiger partial charge is 0.150 e. The van der Waals surface area contributed by atoms with Gasteiger partial charge in [-0.05, 0) is 84.7 Å². The van der Waals surface area contributed by atoms with Crippen LogP contribution >= 0.6 is 0 Å². The van der Waals surface area contributed by atoms with Gasteiger partial charge in [0.1, 0.15) is 12.4 Å². The highest BCUT2D eigenvalue weighted by Gasteiger charge is 2.20. The van der Waals surface area contributed by atoms with Crippen molar-refractivity contribution in [3.05, 3.63) is 89.7 Å². The number of nitrogens with two attached hydrogens (primary N) is 1. The first-order chi connectivity index (χ1) is 16.7. The van der Waals surface area contributed by atoms with Gasteiger partial charge in [0.2, 0.25) is 0 Å².